The van der Waals surface area contributed by atoms with Crippen LogP contribution in [-0.2, 0) is 6.61 Å². The second-order valence-electron chi connectivity index (χ2n) is 6.09. The summed E-state index contributed by atoms with van der Waals surface area (Å²) in [6.07, 6.45) is 2.79. The number of carbonyl (C=O) groups is 1. The van der Waals surface area contributed by atoms with Crippen molar-refractivity contribution >= 4 is 5.91 Å². The molecule has 0 aliphatic rings. The summed E-state index contributed by atoms with van der Waals surface area (Å²) in [5.74, 6) is 1.21. The van der Waals surface area contributed by atoms with Crippen LogP contribution in [0.4, 0.5) is 0 Å². The van der Waals surface area contributed by atoms with Gasteiger partial charge in [-0.05, 0) is 31.5 Å². The van der Waals surface area contributed by atoms with Gasteiger partial charge in [-0.1, -0.05) is 11.2 Å². The maximum atomic E-state index is 12.6. The van der Waals surface area contributed by atoms with Crippen molar-refractivity contribution in [2.45, 2.75) is 26.5 Å². The average molecular weight is 371 g/mol. The molecule has 0 bridgehead atoms. The predicted octanol–water partition coefficient (Wildman–Crippen LogP) is 3.39. The number of ether oxygens (including phenoxy) is 2. The van der Waals surface area contributed by atoms with E-state index in [2.05, 4.69) is 10.1 Å². The lowest BCUT2D eigenvalue weighted by Crippen LogP contribution is -2.30. The van der Waals surface area contributed by atoms with Crippen molar-refractivity contribution in [1.82, 2.24) is 15.0 Å². The quantitative estimate of drug-likeness (QED) is 0.629. The third-order valence-corrected chi connectivity index (χ3v) is 4.23. The second-order valence-corrected chi connectivity index (χ2v) is 6.09. The van der Waals surface area contributed by atoms with Crippen molar-refractivity contribution in [1.29, 1.82) is 0 Å². The lowest BCUT2D eigenvalue weighted by atomic mass is 10.2. The molecule has 0 aliphatic heterocycles. The summed E-state index contributed by atoms with van der Waals surface area (Å²) >= 11 is 0. The van der Waals surface area contributed by atoms with Crippen LogP contribution >= 0.6 is 0 Å². The third kappa shape index (κ3) is 4.11. The van der Waals surface area contributed by atoms with Crippen molar-refractivity contribution < 1.29 is 23.2 Å². The van der Waals surface area contributed by atoms with Crippen LogP contribution in [0.1, 0.15) is 40.6 Å². The zero-order chi connectivity index (χ0) is 19.4. The molecular formula is C19H21N3O5. The molecule has 8 nitrogen and oxygen atoms in total. The molecule has 1 atom stereocenters. The molecule has 0 spiro atoms. The van der Waals surface area contributed by atoms with Crippen LogP contribution < -0.4 is 9.47 Å². The molecule has 1 aromatic carbocycles. The Morgan fingerprint density at radius 3 is 2.81 bits per heavy atom. The molecule has 0 N–H and O–H groups in total. The highest BCUT2D eigenvalue weighted by molar-refractivity contribution is 5.92. The zero-order valence-corrected chi connectivity index (χ0v) is 15.6. The van der Waals surface area contributed by atoms with E-state index in [0.29, 0.717) is 23.1 Å². The molecule has 2 heterocycles. The van der Waals surface area contributed by atoms with Gasteiger partial charge in [0.15, 0.2) is 23.8 Å². The number of aromatic nitrogens is 2. The smallest absolute Gasteiger partial charge is 0.276 e. The van der Waals surface area contributed by atoms with Crippen LogP contribution in [0.25, 0.3) is 0 Å². The largest absolute Gasteiger partial charge is 0.493 e. The number of hydrogen-bond donors (Lipinski definition) is 0. The van der Waals surface area contributed by atoms with Crippen LogP contribution in [0.5, 0.6) is 11.5 Å². The Morgan fingerprint density at radius 1 is 1.30 bits per heavy atom. The normalized spacial score (nSPS) is 11.9. The summed E-state index contributed by atoms with van der Waals surface area (Å²) in [5, 5.41) is 3.86. The molecule has 8 heteroatoms. The van der Waals surface area contributed by atoms with Gasteiger partial charge >= 0.3 is 0 Å². The van der Waals surface area contributed by atoms with E-state index in [-0.39, 0.29) is 24.2 Å². The number of benzene rings is 1. The van der Waals surface area contributed by atoms with Crippen molar-refractivity contribution in [2.24, 2.45) is 0 Å². The van der Waals surface area contributed by atoms with E-state index in [0.717, 1.165) is 5.56 Å². The second kappa shape index (κ2) is 7.94. The molecule has 0 saturated heterocycles. The van der Waals surface area contributed by atoms with Gasteiger partial charge in [-0.2, -0.15) is 0 Å². The first-order valence-electron chi connectivity index (χ1n) is 8.39. The van der Waals surface area contributed by atoms with Gasteiger partial charge in [-0.3, -0.25) is 4.79 Å². The predicted molar refractivity (Wildman–Crippen MR) is 95.6 cm³/mol. The minimum Gasteiger partial charge on any atom is -0.493 e. The van der Waals surface area contributed by atoms with E-state index in [1.807, 2.05) is 32.0 Å². The summed E-state index contributed by atoms with van der Waals surface area (Å²) in [7, 11) is 3.25. The highest BCUT2D eigenvalue weighted by atomic mass is 16.5. The molecule has 0 unspecified atom stereocenters. The van der Waals surface area contributed by atoms with E-state index < -0.39 is 0 Å². The van der Waals surface area contributed by atoms with Gasteiger partial charge in [-0.25, -0.2) is 4.98 Å². The first kappa shape index (κ1) is 18.5. The van der Waals surface area contributed by atoms with Crippen LogP contribution in [0.3, 0.4) is 0 Å². The fraction of sp³-hybridized carbons (Fsp3) is 0.316. The van der Waals surface area contributed by atoms with Crippen molar-refractivity contribution in [3.63, 3.8) is 0 Å². The molecule has 142 valence electrons. The Kier molecular flexibility index (Phi) is 5.44. The molecule has 2 aromatic heterocycles. The Bertz CT molecular complexity index is 904. The van der Waals surface area contributed by atoms with Gasteiger partial charge in [0.25, 0.3) is 5.91 Å². The maximum absolute atomic E-state index is 12.6. The van der Waals surface area contributed by atoms with Crippen LogP contribution in [0, 0.1) is 6.92 Å². The number of amides is 1. The first-order valence-corrected chi connectivity index (χ1v) is 8.39. The van der Waals surface area contributed by atoms with E-state index in [4.69, 9.17) is 18.4 Å². The van der Waals surface area contributed by atoms with Gasteiger partial charge in [0.05, 0.1) is 13.2 Å². The molecule has 1 amide bonds. The highest BCUT2D eigenvalue weighted by Crippen LogP contribution is 2.28. The monoisotopic (exact) mass is 371 g/mol. The van der Waals surface area contributed by atoms with Gasteiger partial charge in [0, 0.05) is 13.1 Å². The van der Waals surface area contributed by atoms with E-state index >= 15 is 0 Å². The topological polar surface area (TPSA) is 90.8 Å². The SMILES string of the molecule is COc1cc(C)ccc1OCc1nc(C(=O)N(C)[C@H](C)c2ccon2)co1. The number of methoxy groups -OCH3 is 1. The maximum Gasteiger partial charge on any atom is 0.276 e. The third-order valence-electron chi connectivity index (χ3n) is 4.23. The van der Waals surface area contributed by atoms with Crippen molar-refractivity contribution in [2.75, 3.05) is 14.2 Å². The fourth-order valence-corrected chi connectivity index (χ4v) is 2.50. The Morgan fingerprint density at radius 2 is 2.11 bits per heavy atom. The summed E-state index contributed by atoms with van der Waals surface area (Å²) < 4.78 is 21.2. The lowest BCUT2D eigenvalue weighted by molar-refractivity contribution is 0.0731. The summed E-state index contributed by atoms with van der Waals surface area (Å²) in [6, 6.07) is 7.06. The van der Waals surface area contributed by atoms with Gasteiger partial charge in [-0.15, -0.1) is 0 Å². The van der Waals surface area contributed by atoms with Crippen LogP contribution in [0.15, 0.2) is 45.7 Å². The number of aryl methyl sites for hydroxylation is 1. The van der Waals surface area contributed by atoms with Crippen LogP contribution in [-0.4, -0.2) is 35.1 Å². The Balaban J connectivity index is 1.65. The number of nitrogens with zero attached hydrogens (tertiary/aromatic N) is 3. The minimum absolute atomic E-state index is 0.0786. The number of oxazole rings is 1. The van der Waals surface area contributed by atoms with Gasteiger partial charge in [0.1, 0.15) is 18.2 Å². The van der Waals surface area contributed by atoms with Crippen molar-refractivity contribution in [3.05, 3.63) is 59.6 Å². The van der Waals surface area contributed by atoms with E-state index in [1.54, 1.807) is 20.2 Å². The number of rotatable bonds is 7. The van der Waals surface area contributed by atoms with Gasteiger partial charge in [0.2, 0.25) is 5.89 Å². The average Bonchev–Trinajstić information content (AvgIpc) is 3.37. The number of hydrogen-bond acceptors (Lipinski definition) is 7. The summed E-state index contributed by atoms with van der Waals surface area (Å²) in [4.78, 5) is 18.3. The zero-order valence-electron chi connectivity index (χ0n) is 15.6. The summed E-state index contributed by atoms with van der Waals surface area (Å²) in [6.45, 7) is 3.90. The Hall–Kier alpha value is -3.29. The first-order chi connectivity index (χ1) is 13.0. The molecular weight excluding hydrogens is 350 g/mol. The molecule has 0 fully saturated rings. The molecule has 0 aliphatic carbocycles. The Labute approximate surface area is 156 Å². The molecule has 0 saturated carbocycles. The lowest BCUT2D eigenvalue weighted by Gasteiger charge is -2.21. The van der Waals surface area contributed by atoms with Crippen molar-refractivity contribution in [3.8, 4) is 11.5 Å². The standard InChI is InChI=1S/C19H21N3O5/c1-12-5-6-16(17(9-12)24-4)25-11-18-20-15(10-26-18)19(23)22(3)13(2)14-7-8-27-21-14/h5-10,13H,11H2,1-4H3/t13-/m1/s1. The minimum atomic E-state index is -0.284. The van der Waals surface area contributed by atoms with E-state index in [9.17, 15) is 4.79 Å². The fourth-order valence-electron chi connectivity index (χ4n) is 2.50. The van der Waals surface area contributed by atoms with Gasteiger partial charge < -0.3 is 23.3 Å². The molecule has 3 aromatic rings. The van der Waals surface area contributed by atoms with Crippen LogP contribution in [0.2, 0.25) is 0 Å². The summed E-state index contributed by atoms with van der Waals surface area (Å²) in [5.41, 5.74) is 1.92. The number of carbonyl (C=O) groups excluding carboxylic acids is 1. The molecule has 0 radical (unpaired) electrons. The highest BCUT2D eigenvalue weighted by Gasteiger charge is 2.23. The molecule has 3 rings (SSSR count). The van der Waals surface area contributed by atoms with E-state index in [1.165, 1.54) is 17.4 Å². The molecule has 27 heavy (non-hydrogen) atoms.